The second-order valence-electron chi connectivity index (χ2n) is 7.24. The average Bonchev–Trinajstić information content (AvgIpc) is 3.38. The standard InChI is InChI=1S/C24H23N5OS/c1-30-14-13-26-24-19(6-4-12-25-24)27-15-16-8-10-17(11-9-16)21-23-22(29-28-21)18-5-2-3-7-20(18)31-23/h2-12,27H,13-15H2,1H3,(H,25,26)(H,28,29). The molecule has 0 unspecified atom stereocenters. The lowest BCUT2D eigenvalue weighted by atomic mass is 10.1. The number of thiophene rings is 1. The Bertz CT molecular complexity index is 1310. The molecule has 2 aromatic carbocycles. The van der Waals surface area contributed by atoms with Gasteiger partial charge in [0.2, 0.25) is 0 Å². The van der Waals surface area contributed by atoms with Gasteiger partial charge < -0.3 is 15.4 Å². The highest BCUT2D eigenvalue weighted by molar-refractivity contribution is 7.26. The summed E-state index contributed by atoms with van der Waals surface area (Å²) in [6, 6.07) is 21.0. The third-order valence-electron chi connectivity index (χ3n) is 5.21. The van der Waals surface area contributed by atoms with Crippen LogP contribution in [-0.4, -0.2) is 35.4 Å². The molecular weight excluding hydrogens is 406 g/mol. The van der Waals surface area contributed by atoms with Crippen LogP contribution in [0.5, 0.6) is 0 Å². The molecule has 3 N–H and O–H groups in total. The van der Waals surface area contributed by atoms with Crippen LogP contribution < -0.4 is 10.6 Å². The van der Waals surface area contributed by atoms with Crippen molar-refractivity contribution in [3.05, 3.63) is 72.4 Å². The van der Waals surface area contributed by atoms with Crippen molar-refractivity contribution in [2.24, 2.45) is 0 Å². The lowest BCUT2D eigenvalue weighted by Crippen LogP contribution is -2.11. The fourth-order valence-corrected chi connectivity index (χ4v) is 4.78. The number of fused-ring (bicyclic) bond motifs is 3. The number of aromatic nitrogens is 3. The molecule has 5 aromatic rings. The first-order valence-corrected chi connectivity index (χ1v) is 11.0. The highest BCUT2D eigenvalue weighted by Crippen LogP contribution is 2.38. The Kier molecular flexibility index (Phi) is 5.52. The molecule has 3 heterocycles. The summed E-state index contributed by atoms with van der Waals surface area (Å²) in [5, 5.41) is 15.8. The highest BCUT2D eigenvalue weighted by atomic mass is 32.1. The van der Waals surface area contributed by atoms with Crippen LogP contribution in [-0.2, 0) is 11.3 Å². The molecule has 6 nitrogen and oxygen atoms in total. The summed E-state index contributed by atoms with van der Waals surface area (Å²) in [5.74, 6) is 0.833. The number of hydrogen-bond acceptors (Lipinski definition) is 6. The number of nitrogens with zero attached hydrogens (tertiary/aromatic N) is 2. The maximum absolute atomic E-state index is 5.10. The van der Waals surface area contributed by atoms with Crippen molar-refractivity contribution < 1.29 is 4.74 Å². The van der Waals surface area contributed by atoms with Crippen molar-refractivity contribution in [3.63, 3.8) is 0 Å². The molecule has 0 fully saturated rings. The fraction of sp³-hybridized carbons (Fsp3) is 0.167. The van der Waals surface area contributed by atoms with E-state index in [1.165, 1.54) is 20.3 Å². The zero-order valence-corrected chi connectivity index (χ0v) is 18.0. The topological polar surface area (TPSA) is 74.9 Å². The van der Waals surface area contributed by atoms with Crippen LogP contribution in [0.4, 0.5) is 11.5 Å². The summed E-state index contributed by atoms with van der Waals surface area (Å²) in [7, 11) is 1.69. The van der Waals surface area contributed by atoms with Gasteiger partial charge in [0.25, 0.3) is 0 Å². The molecule has 0 aliphatic heterocycles. The van der Waals surface area contributed by atoms with Gasteiger partial charge in [0.15, 0.2) is 0 Å². The summed E-state index contributed by atoms with van der Waals surface area (Å²) < 4.78 is 7.58. The lowest BCUT2D eigenvalue weighted by molar-refractivity contribution is 0.210. The monoisotopic (exact) mass is 429 g/mol. The molecule has 3 aromatic heterocycles. The van der Waals surface area contributed by atoms with Gasteiger partial charge in [0.05, 0.1) is 22.5 Å². The van der Waals surface area contributed by atoms with Crippen LogP contribution in [0.1, 0.15) is 5.56 Å². The van der Waals surface area contributed by atoms with Gasteiger partial charge in [-0.3, -0.25) is 5.10 Å². The molecule has 0 aliphatic carbocycles. The smallest absolute Gasteiger partial charge is 0.149 e. The van der Waals surface area contributed by atoms with Gasteiger partial charge in [-0.2, -0.15) is 5.10 Å². The molecule has 0 saturated heterocycles. The normalized spacial score (nSPS) is 11.3. The van der Waals surface area contributed by atoms with Gasteiger partial charge in [-0.1, -0.05) is 42.5 Å². The molecule has 31 heavy (non-hydrogen) atoms. The van der Waals surface area contributed by atoms with Gasteiger partial charge in [-0.05, 0) is 23.8 Å². The number of ether oxygens (including phenoxy) is 1. The zero-order valence-electron chi connectivity index (χ0n) is 17.2. The minimum atomic E-state index is 0.637. The number of methoxy groups -OCH3 is 1. The van der Waals surface area contributed by atoms with Crippen molar-refractivity contribution in [1.82, 2.24) is 15.2 Å². The second-order valence-corrected chi connectivity index (χ2v) is 8.30. The first-order chi connectivity index (χ1) is 15.3. The summed E-state index contributed by atoms with van der Waals surface area (Å²) in [5.41, 5.74) is 5.41. The molecule has 0 saturated carbocycles. The van der Waals surface area contributed by atoms with E-state index in [1.807, 2.05) is 12.1 Å². The highest BCUT2D eigenvalue weighted by Gasteiger charge is 2.13. The fourth-order valence-electron chi connectivity index (χ4n) is 3.62. The predicted octanol–water partition coefficient (Wildman–Crippen LogP) is 5.51. The number of aromatic amines is 1. The zero-order chi connectivity index (χ0) is 21.0. The van der Waals surface area contributed by atoms with E-state index in [-0.39, 0.29) is 0 Å². The first kappa shape index (κ1) is 19.5. The Balaban J connectivity index is 1.32. The van der Waals surface area contributed by atoms with E-state index in [2.05, 4.69) is 74.3 Å². The molecule has 0 atom stereocenters. The van der Waals surface area contributed by atoms with E-state index in [9.17, 15) is 0 Å². The van der Waals surface area contributed by atoms with E-state index in [4.69, 9.17) is 4.74 Å². The van der Waals surface area contributed by atoms with Crippen molar-refractivity contribution >= 4 is 43.1 Å². The number of nitrogens with one attached hydrogen (secondary N) is 3. The van der Waals surface area contributed by atoms with Crippen molar-refractivity contribution in [2.75, 3.05) is 30.9 Å². The maximum Gasteiger partial charge on any atom is 0.149 e. The molecule has 0 amide bonds. The number of benzene rings is 2. The third-order valence-corrected chi connectivity index (χ3v) is 6.38. The van der Waals surface area contributed by atoms with Crippen molar-refractivity contribution in [3.8, 4) is 11.3 Å². The Labute approximate surface area is 184 Å². The minimum Gasteiger partial charge on any atom is -0.383 e. The van der Waals surface area contributed by atoms with E-state index in [0.29, 0.717) is 19.7 Å². The summed E-state index contributed by atoms with van der Waals surface area (Å²) in [4.78, 5) is 4.42. The average molecular weight is 430 g/mol. The van der Waals surface area contributed by atoms with Gasteiger partial charge in [-0.15, -0.1) is 11.3 Å². The molecule has 7 heteroatoms. The molecule has 0 spiro atoms. The molecular formula is C24H23N5OS. The Morgan fingerprint density at radius 3 is 2.74 bits per heavy atom. The Morgan fingerprint density at radius 1 is 1.00 bits per heavy atom. The summed E-state index contributed by atoms with van der Waals surface area (Å²) in [6.45, 7) is 2.06. The van der Waals surface area contributed by atoms with E-state index in [1.54, 1.807) is 24.6 Å². The number of rotatable bonds is 8. The molecule has 5 rings (SSSR count). The lowest BCUT2D eigenvalue weighted by Gasteiger charge is -2.12. The first-order valence-electron chi connectivity index (χ1n) is 10.2. The number of anilines is 2. The quantitative estimate of drug-likeness (QED) is 0.284. The predicted molar refractivity (Wildman–Crippen MR) is 129 cm³/mol. The van der Waals surface area contributed by atoms with Gasteiger partial charge in [-0.25, -0.2) is 4.98 Å². The molecule has 0 bridgehead atoms. The van der Waals surface area contributed by atoms with Crippen LogP contribution >= 0.6 is 11.3 Å². The Hall–Kier alpha value is -3.42. The van der Waals surface area contributed by atoms with E-state index < -0.39 is 0 Å². The van der Waals surface area contributed by atoms with Gasteiger partial charge in [0, 0.05) is 42.0 Å². The SMILES string of the molecule is COCCNc1ncccc1NCc1ccc(-c2n[nH]c3c2sc2ccccc23)cc1. The number of H-pyrrole nitrogens is 1. The maximum atomic E-state index is 5.10. The summed E-state index contributed by atoms with van der Waals surface area (Å²) in [6.07, 6.45) is 1.79. The van der Waals surface area contributed by atoms with Crippen LogP contribution in [0.25, 0.3) is 31.6 Å². The number of pyridine rings is 1. The van der Waals surface area contributed by atoms with Crippen molar-refractivity contribution in [1.29, 1.82) is 0 Å². The largest absolute Gasteiger partial charge is 0.383 e. The van der Waals surface area contributed by atoms with Crippen LogP contribution in [0.3, 0.4) is 0 Å². The molecule has 0 radical (unpaired) electrons. The third kappa shape index (κ3) is 3.97. The second kappa shape index (κ2) is 8.75. The van der Waals surface area contributed by atoms with Crippen LogP contribution in [0.15, 0.2) is 66.9 Å². The molecule has 0 aliphatic rings. The van der Waals surface area contributed by atoms with Gasteiger partial charge in [0.1, 0.15) is 11.5 Å². The van der Waals surface area contributed by atoms with E-state index in [0.717, 1.165) is 28.3 Å². The summed E-state index contributed by atoms with van der Waals surface area (Å²) >= 11 is 1.78. The van der Waals surface area contributed by atoms with Gasteiger partial charge >= 0.3 is 0 Å². The molecule has 156 valence electrons. The Morgan fingerprint density at radius 2 is 1.87 bits per heavy atom. The van der Waals surface area contributed by atoms with Crippen molar-refractivity contribution in [2.45, 2.75) is 6.54 Å². The minimum absolute atomic E-state index is 0.637. The van der Waals surface area contributed by atoms with E-state index >= 15 is 0 Å². The number of hydrogen-bond donors (Lipinski definition) is 3. The van der Waals surface area contributed by atoms with Crippen LogP contribution in [0, 0.1) is 0 Å². The van der Waals surface area contributed by atoms with Crippen LogP contribution in [0.2, 0.25) is 0 Å².